The SMILES string of the molecule is Cn1cnc(CCN=C(N)NC2CCOc3ccccc32)n1.I. The third-order valence-corrected chi connectivity index (χ3v) is 3.55. The van der Waals surface area contributed by atoms with Crippen LogP contribution in [0.5, 0.6) is 5.75 Å². The zero-order valence-corrected chi connectivity index (χ0v) is 15.3. The van der Waals surface area contributed by atoms with Crippen molar-refractivity contribution in [2.75, 3.05) is 13.2 Å². The van der Waals surface area contributed by atoms with Crippen molar-refractivity contribution in [3.8, 4) is 5.75 Å². The minimum absolute atomic E-state index is 0. The molecule has 0 bridgehead atoms. The van der Waals surface area contributed by atoms with Gasteiger partial charge in [-0.2, -0.15) is 5.10 Å². The number of ether oxygens (including phenoxy) is 1. The summed E-state index contributed by atoms with van der Waals surface area (Å²) in [5, 5.41) is 7.48. The van der Waals surface area contributed by atoms with Gasteiger partial charge in [-0.05, 0) is 6.07 Å². The molecule has 0 aliphatic carbocycles. The molecule has 124 valence electrons. The van der Waals surface area contributed by atoms with Gasteiger partial charge in [0.15, 0.2) is 11.8 Å². The van der Waals surface area contributed by atoms with E-state index in [1.54, 1.807) is 11.0 Å². The lowest BCUT2D eigenvalue weighted by molar-refractivity contribution is 0.262. The summed E-state index contributed by atoms with van der Waals surface area (Å²) in [6.07, 6.45) is 3.22. The lowest BCUT2D eigenvalue weighted by Crippen LogP contribution is -2.37. The van der Waals surface area contributed by atoms with Crippen molar-refractivity contribution in [3.05, 3.63) is 42.0 Å². The Bertz CT molecular complexity index is 671. The summed E-state index contributed by atoms with van der Waals surface area (Å²) >= 11 is 0. The number of nitrogens with zero attached hydrogens (tertiary/aromatic N) is 4. The Labute approximate surface area is 152 Å². The van der Waals surface area contributed by atoms with Crippen molar-refractivity contribution in [1.82, 2.24) is 20.1 Å². The summed E-state index contributed by atoms with van der Waals surface area (Å²) < 4.78 is 7.32. The molecule has 1 atom stereocenters. The van der Waals surface area contributed by atoms with E-state index < -0.39 is 0 Å². The van der Waals surface area contributed by atoms with Crippen molar-refractivity contribution >= 4 is 29.9 Å². The molecule has 0 spiro atoms. The van der Waals surface area contributed by atoms with Crippen LogP contribution in [0.4, 0.5) is 0 Å². The summed E-state index contributed by atoms with van der Waals surface area (Å²) in [7, 11) is 1.85. The zero-order valence-electron chi connectivity index (χ0n) is 13.0. The topological polar surface area (TPSA) is 90.4 Å². The summed E-state index contributed by atoms with van der Waals surface area (Å²) in [5.74, 6) is 2.13. The van der Waals surface area contributed by atoms with E-state index in [4.69, 9.17) is 10.5 Å². The Morgan fingerprint density at radius 2 is 2.30 bits per heavy atom. The first kappa shape index (κ1) is 17.5. The molecule has 8 heteroatoms. The molecule has 0 saturated heterocycles. The second kappa shape index (κ2) is 8.14. The third kappa shape index (κ3) is 4.57. The Morgan fingerprint density at radius 3 is 3.09 bits per heavy atom. The molecule has 0 fully saturated rings. The Kier molecular flexibility index (Phi) is 6.20. The number of nitrogens with two attached hydrogens (primary N) is 1. The number of rotatable bonds is 4. The Morgan fingerprint density at radius 1 is 1.48 bits per heavy atom. The van der Waals surface area contributed by atoms with Gasteiger partial charge in [0, 0.05) is 32.0 Å². The van der Waals surface area contributed by atoms with Crippen molar-refractivity contribution in [1.29, 1.82) is 0 Å². The molecule has 2 aromatic rings. The van der Waals surface area contributed by atoms with Crippen LogP contribution in [0.1, 0.15) is 23.9 Å². The van der Waals surface area contributed by atoms with Gasteiger partial charge in [-0.3, -0.25) is 9.67 Å². The van der Waals surface area contributed by atoms with Gasteiger partial charge in [0.05, 0.1) is 12.6 Å². The number of hydrogen-bond acceptors (Lipinski definition) is 4. The average molecular weight is 428 g/mol. The van der Waals surface area contributed by atoms with Crippen LogP contribution in [0, 0.1) is 0 Å². The van der Waals surface area contributed by atoms with E-state index in [9.17, 15) is 0 Å². The molecule has 1 aliphatic heterocycles. The fraction of sp³-hybridized carbons (Fsp3) is 0.400. The highest BCUT2D eigenvalue weighted by Gasteiger charge is 2.21. The minimum atomic E-state index is 0. The van der Waals surface area contributed by atoms with E-state index in [0.29, 0.717) is 25.5 Å². The minimum Gasteiger partial charge on any atom is -0.493 e. The van der Waals surface area contributed by atoms with Crippen LogP contribution >= 0.6 is 24.0 Å². The molecule has 1 aromatic heterocycles. The second-order valence-electron chi connectivity index (χ2n) is 5.22. The van der Waals surface area contributed by atoms with E-state index in [0.717, 1.165) is 23.6 Å². The number of aromatic nitrogens is 3. The lowest BCUT2D eigenvalue weighted by Gasteiger charge is -2.26. The van der Waals surface area contributed by atoms with Crippen molar-refractivity contribution in [2.45, 2.75) is 18.9 Å². The van der Waals surface area contributed by atoms with Gasteiger partial charge in [-0.1, -0.05) is 18.2 Å². The van der Waals surface area contributed by atoms with Gasteiger partial charge in [0.2, 0.25) is 0 Å². The number of halogens is 1. The first-order valence-corrected chi connectivity index (χ1v) is 7.35. The Hall–Kier alpha value is -1.84. The van der Waals surface area contributed by atoms with E-state index in [-0.39, 0.29) is 30.0 Å². The molecule has 7 nitrogen and oxygen atoms in total. The van der Waals surface area contributed by atoms with E-state index in [1.807, 2.05) is 25.2 Å². The monoisotopic (exact) mass is 428 g/mol. The van der Waals surface area contributed by atoms with E-state index >= 15 is 0 Å². The fourth-order valence-electron chi connectivity index (χ4n) is 2.49. The fourth-order valence-corrected chi connectivity index (χ4v) is 2.49. The normalized spacial score (nSPS) is 16.9. The number of benzene rings is 1. The van der Waals surface area contributed by atoms with Gasteiger partial charge in [-0.15, -0.1) is 24.0 Å². The van der Waals surface area contributed by atoms with Crippen molar-refractivity contribution in [3.63, 3.8) is 0 Å². The molecule has 23 heavy (non-hydrogen) atoms. The predicted octanol–water partition coefficient (Wildman–Crippen LogP) is 1.40. The first-order valence-electron chi connectivity index (χ1n) is 7.35. The van der Waals surface area contributed by atoms with Gasteiger partial charge in [0.1, 0.15) is 12.1 Å². The molecule has 2 heterocycles. The Balaban J connectivity index is 0.00000192. The first-order chi connectivity index (χ1) is 10.7. The highest BCUT2D eigenvalue weighted by molar-refractivity contribution is 14.0. The summed E-state index contributed by atoms with van der Waals surface area (Å²) in [5.41, 5.74) is 7.11. The largest absolute Gasteiger partial charge is 0.493 e. The lowest BCUT2D eigenvalue weighted by atomic mass is 10.0. The maximum absolute atomic E-state index is 5.98. The van der Waals surface area contributed by atoms with Crippen molar-refractivity contribution in [2.24, 2.45) is 17.8 Å². The molecule has 3 N–H and O–H groups in total. The molecule has 1 aromatic carbocycles. The second-order valence-corrected chi connectivity index (χ2v) is 5.22. The highest BCUT2D eigenvalue weighted by atomic mass is 127. The standard InChI is InChI=1S/C15H20N6O.HI/c1-21-10-18-14(20-21)6-8-17-15(16)19-12-7-9-22-13-5-3-2-4-11(12)13;/h2-5,10,12H,6-9H2,1H3,(H3,16,17,19);1H. The maximum Gasteiger partial charge on any atom is 0.189 e. The summed E-state index contributed by atoms with van der Waals surface area (Å²) in [6.45, 7) is 1.24. The molecule has 1 unspecified atom stereocenters. The van der Waals surface area contributed by atoms with E-state index in [1.165, 1.54) is 0 Å². The smallest absolute Gasteiger partial charge is 0.189 e. The molecular weight excluding hydrogens is 407 g/mol. The van der Waals surface area contributed by atoms with Gasteiger partial charge >= 0.3 is 0 Å². The molecule has 0 radical (unpaired) electrons. The van der Waals surface area contributed by atoms with Gasteiger partial charge < -0.3 is 15.8 Å². The van der Waals surface area contributed by atoms with Crippen LogP contribution in [0.3, 0.4) is 0 Å². The number of para-hydroxylation sites is 1. The number of aliphatic imine (C=N–C) groups is 1. The summed E-state index contributed by atoms with van der Waals surface area (Å²) in [6, 6.07) is 8.14. The van der Waals surface area contributed by atoms with Crippen LogP contribution in [0.25, 0.3) is 0 Å². The quantitative estimate of drug-likeness (QED) is 0.437. The number of aryl methyl sites for hydroxylation is 1. The maximum atomic E-state index is 5.98. The number of fused-ring (bicyclic) bond motifs is 1. The van der Waals surface area contributed by atoms with Crippen LogP contribution in [0.15, 0.2) is 35.6 Å². The van der Waals surface area contributed by atoms with Crippen LogP contribution in [-0.2, 0) is 13.5 Å². The molecule has 0 amide bonds. The predicted molar refractivity (Wildman–Crippen MR) is 99.0 cm³/mol. The molecule has 1 aliphatic rings. The molecular formula is C15H21IN6O. The third-order valence-electron chi connectivity index (χ3n) is 3.55. The van der Waals surface area contributed by atoms with Gasteiger partial charge in [-0.25, -0.2) is 4.98 Å². The molecule has 3 rings (SSSR count). The highest BCUT2D eigenvalue weighted by Crippen LogP contribution is 2.31. The number of guanidine groups is 1. The average Bonchev–Trinajstić information content (AvgIpc) is 2.93. The van der Waals surface area contributed by atoms with Crippen LogP contribution in [0.2, 0.25) is 0 Å². The van der Waals surface area contributed by atoms with Crippen LogP contribution in [-0.4, -0.2) is 33.9 Å². The zero-order chi connectivity index (χ0) is 15.4. The van der Waals surface area contributed by atoms with Gasteiger partial charge in [0.25, 0.3) is 0 Å². The van der Waals surface area contributed by atoms with E-state index in [2.05, 4.69) is 26.5 Å². The van der Waals surface area contributed by atoms with Crippen LogP contribution < -0.4 is 15.8 Å². The number of nitrogens with one attached hydrogen (secondary N) is 1. The number of hydrogen-bond donors (Lipinski definition) is 2. The molecule has 0 saturated carbocycles. The van der Waals surface area contributed by atoms with Crippen molar-refractivity contribution < 1.29 is 4.74 Å². The summed E-state index contributed by atoms with van der Waals surface area (Å²) in [4.78, 5) is 8.51.